The summed E-state index contributed by atoms with van der Waals surface area (Å²) in [6.45, 7) is 3.50. The quantitative estimate of drug-likeness (QED) is 0.642. The number of halogens is 1. The van der Waals surface area contributed by atoms with Crippen molar-refractivity contribution in [2.75, 3.05) is 10.2 Å². The van der Waals surface area contributed by atoms with Crippen LogP contribution in [0.25, 0.3) is 0 Å². The van der Waals surface area contributed by atoms with Gasteiger partial charge in [-0.05, 0) is 55.3 Å². The third-order valence-electron chi connectivity index (χ3n) is 4.19. The number of hydrogen-bond acceptors (Lipinski definition) is 4. The lowest BCUT2D eigenvalue weighted by molar-refractivity contribution is -0.120. The first-order chi connectivity index (χ1) is 12.4. The summed E-state index contributed by atoms with van der Waals surface area (Å²) in [4.78, 5) is 37.5. The van der Waals surface area contributed by atoms with Crippen LogP contribution in [0, 0.1) is 0 Å². The van der Waals surface area contributed by atoms with Gasteiger partial charge in [0.15, 0.2) is 5.78 Å². The Bertz CT molecular complexity index is 915. The van der Waals surface area contributed by atoms with Gasteiger partial charge in [0, 0.05) is 11.3 Å². The van der Waals surface area contributed by atoms with Gasteiger partial charge in [0.1, 0.15) is 10.7 Å². The van der Waals surface area contributed by atoms with Crippen molar-refractivity contribution in [3.05, 3.63) is 70.4 Å². The Balaban J connectivity index is 1.85. The van der Waals surface area contributed by atoms with Crippen molar-refractivity contribution in [3.8, 4) is 0 Å². The third kappa shape index (κ3) is 3.26. The molecule has 132 valence electrons. The smallest absolute Gasteiger partial charge is 0.283 e. The van der Waals surface area contributed by atoms with E-state index in [2.05, 4.69) is 5.32 Å². The van der Waals surface area contributed by atoms with Gasteiger partial charge in [-0.3, -0.25) is 14.4 Å². The molecule has 0 spiro atoms. The highest BCUT2D eigenvalue weighted by Crippen LogP contribution is 2.30. The first-order valence-corrected chi connectivity index (χ1v) is 8.55. The number of anilines is 2. The molecule has 1 aliphatic rings. The summed E-state index contributed by atoms with van der Waals surface area (Å²) < 4.78 is 0. The number of benzene rings is 2. The molecule has 0 fully saturated rings. The Hall–Kier alpha value is -2.92. The fraction of sp³-hybridized carbons (Fsp3) is 0.150. The maximum Gasteiger partial charge on any atom is 0.283 e. The number of Topliss-reactive ketones (excluding diaryl/α,β-unsaturated/α-hetero) is 1. The van der Waals surface area contributed by atoms with Gasteiger partial charge in [-0.25, -0.2) is 4.90 Å². The van der Waals surface area contributed by atoms with Gasteiger partial charge in [-0.15, -0.1) is 0 Å². The van der Waals surface area contributed by atoms with Crippen LogP contribution in [0.4, 0.5) is 11.4 Å². The van der Waals surface area contributed by atoms with E-state index >= 15 is 0 Å². The van der Waals surface area contributed by atoms with E-state index in [-0.39, 0.29) is 16.5 Å². The molecule has 0 atom stereocenters. The maximum absolute atomic E-state index is 12.7. The molecule has 6 heteroatoms. The largest absolute Gasteiger partial charge is 0.350 e. The topological polar surface area (TPSA) is 66.5 Å². The lowest BCUT2D eigenvalue weighted by Crippen LogP contribution is -2.32. The highest BCUT2D eigenvalue weighted by atomic mass is 35.5. The number of nitrogens with zero attached hydrogens (tertiary/aromatic N) is 1. The standard InChI is InChI=1S/C20H17ClN2O3/c1-3-13-4-10-16(11-5-13)23-19(25)17(21)18(20(23)26)22-15-8-6-14(7-9-15)12(2)24/h4-11,22H,3H2,1-2H3. The number of imide groups is 1. The van der Waals surface area contributed by atoms with Crippen molar-refractivity contribution in [3.63, 3.8) is 0 Å². The molecule has 0 radical (unpaired) electrons. The molecule has 0 saturated heterocycles. The van der Waals surface area contributed by atoms with Crippen molar-refractivity contribution in [1.82, 2.24) is 0 Å². The molecule has 2 amide bonds. The van der Waals surface area contributed by atoms with E-state index in [0.717, 1.165) is 16.9 Å². The number of rotatable bonds is 5. The fourth-order valence-corrected chi connectivity index (χ4v) is 2.87. The number of aryl methyl sites for hydroxylation is 1. The fourth-order valence-electron chi connectivity index (χ4n) is 2.66. The average molecular weight is 369 g/mol. The van der Waals surface area contributed by atoms with Gasteiger partial charge in [0.05, 0.1) is 5.69 Å². The van der Waals surface area contributed by atoms with Crippen molar-refractivity contribution < 1.29 is 14.4 Å². The molecule has 3 rings (SSSR count). The maximum atomic E-state index is 12.7. The van der Waals surface area contributed by atoms with Crippen LogP contribution >= 0.6 is 11.6 Å². The molecular weight excluding hydrogens is 352 g/mol. The lowest BCUT2D eigenvalue weighted by atomic mass is 10.1. The van der Waals surface area contributed by atoms with E-state index in [4.69, 9.17) is 11.6 Å². The minimum absolute atomic E-state index is 0.0202. The number of carbonyl (C=O) groups excluding carboxylic acids is 3. The van der Waals surface area contributed by atoms with E-state index in [1.165, 1.54) is 6.92 Å². The molecule has 1 aliphatic heterocycles. The van der Waals surface area contributed by atoms with Crippen molar-refractivity contribution >= 4 is 40.6 Å². The third-order valence-corrected chi connectivity index (χ3v) is 4.54. The Kier molecular flexibility index (Phi) is 4.91. The molecular formula is C20H17ClN2O3. The Labute approximate surface area is 156 Å². The highest BCUT2D eigenvalue weighted by Gasteiger charge is 2.38. The molecule has 0 saturated carbocycles. The summed E-state index contributed by atoms with van der Waals surface area (Å²) in [5, 5.41) is 2.72. The van der Waals surface area contributed by atoms with Crippen LogP contribution in [0.2, 0.25) is 0 Å². The van der Waals surface area contributed by atoms with Crippen LogP contribution in [0.3, 0.4) is 0 Å². The van der Waals surface area contributed by atoms with Gasteiger partial charge >= 0.3 is 0 Å². The molecule has 5 nitrogen and oxygen atoms in total. The van der Waals surface area contributed by atoms with E-state index in [0.29, 0.717) is 16.9 Å². The highest BCUT2D eigenvalue weighted by molar-refractivity contribution is 6.53. The molecule has 2 aromatic carbocycles. The molecule has 0 bridgehead atoms. The van der Waals surface area contributed by atoms with Crippen molar-refractivity contribution in [2.45, 2.75) is 20.3 Å². The second kappa shape index (κ2) is 7.14. The zero-order valence-corrected chi connectivity index (χ0v) is 15.1. The zero-order chi connectivity index (χ0) is 18.8. The normalized spacial score (nSPS) is 14.2. The SMILES string of the molecule is CCc1ccc(N2C(=O)C(Cl)=C(Nc3ccc(C(C)=O)cc3)C2=O)cc1. The number of nitrogens with one attached hydrogen (secondary N) is 1. The van der Waals surface area contributed by atoms with E-state index in [9.17, 15) is 14.4 Å². The van der Waals surface area contributed by atoms with E-state index in [1.54, 1.807) is 36.4 Å². The summed E-state index contributed by atoms with van der Waals surface area (Å²) in [6, 6.07) is 13.8. The minimum Gasteiger partial charge on any atom is -0.350 e. The lowest BCUT2D eigenvalue weighted by Gasteiger charge is -2.15. The number of hydrogen-bond donors (Lipinski definition) is 1. The van der Waals surface area contributed by atoms with Crippen LogP contribution in [0.15, 0.2) is 59.3 Å². The van der Waals surface area contributed by atoms with Crippen molar-refractivity contribution in [2.24, 2.45) is 0 Å². The monoisotopic (exact) mass is 368 g/mol. The second-order valence-electron chi connectivity index (χ2n) is 5.91. The van der Waals surface area contributed by atoms with Crippen LogP contribution in [0.1, 0.15) is 29.8 Å². The number of carbonyl (C=O) groups is 3. The average Bonchev–Trinajstić information content (AvgIpc) is 2.86. The first kappa shape index (κ1) is 17.9. The van der Waals surface area contributed by atoms with Gasteiger partial charge in [0.2, 0.25) is 0 Å². The molecule has 1 heterocycles. The van der Waals surface area contributed by atoms with Crippen molar-refractivity contribution in [1.29, 1.82) is 0 Å². The summed E-state index contributed by atoms with van der Waals surface area (Å²) in [5.74, 6) is -1.13. The molecule has 26 heavy (non-hydrogen) atoms. The van der Waals surface area contributed by atoms with Crippen LogP contribution in [0.5, 0.6) is 0 Å². The van der Waals surface area contributed by atoms with Crippen LogP contribution in [-0.2, 0) is 16.0 Å². The molecule has 0 aromatic heterocycles. The Morgan fingerprint density at radius 2 is 1.62 bits per heavy atom. The van der Waals surface area contributed by atoms with Crippen LogP contribution < -0.4 is 10.2 Å². The molecule has 0 aliphatic carbocycles. The van der Waals surface area contributed by atoms with Gasteiger partial charge in [0.25, 0.3) is 11.8 Å². The minimum atomic E-state index is -0.566. The summed E-state index contributed by atoms with van der Waals surface area (Å²) in [7, 11) is 0. The van der Waals surface area contributed by atoms with Crippen LogP contribution in [-0.4, -0.2) is 17.6 Å². The number of ketones is 1. The van der Waals surface area contributed by atoms with E-state index in [1.807, 2.05) is 19.1 Å². The summed E-state index contributed by atoms with van der Waals surface area (Å²) >= 11 is 6.11. The van der Waals surface area contributed by atoms with Gasteiger partial charge in [-0.1, -0.05) is 30.7 Å². The Morgan fingerprint density at radius 3 is 2.15 bits per heavy atom. The summed E-state index contributed by atoms with van der Waals surface area (Å²) in [5.41, 5.74) is 2.72. The predicted octanol–water partition coefficient (Wildman–Crippen LogP) is 3.89. The molecule has 2 aromatic rings. The van der Waals surface area contributed by atoms with Gasteiger partial charge < -0.3 is 5.32 Å². The predicted molar refractivity (Wildman–Crippen MR) is 101 cm³/mol. The molecule has 1 N–H and O–H groups in total. The van der Waals surface area contributed by atoms with Gasteiger partial charge in [-0.2, -0.15) is 0 Å². The second-order valence-corrected chi connectivity index (χ2v) is 6.29. The Morgan fingerprint density at radius 1 is 1.00 bits per heavy atom. The molecule has 0 unspecified atom stereocenters. The zero-order valence-electron chi connectivity index (χ0n) is 14.4. The van der Waals surface area contributed by atoms with E-state index < -0.39 is 11.8 Å². The summed E-state index contributed by atoms with van der Waals surface area (Å²) in [6.07, 6.45) is 0.865. The first-order valence-electron chi connectivity index (χ1n) is 8.18. The number of amides is 2.